The van der Waals surface area contributed by atoms with Crippen LogP contribution in [0.25, 0.3) is 10.9 Å². The predicted molar refractivity (Wildman–Crippen MR) is 147 cm³/mol. The van der Waals surface area contributed by atoms with Gasteiger partial charge >= 0.3 is 0 Å². The molecule has 202 valence electrons. The molecule has 2 bridgehead atoms. The lowest BCUT2D eigenvalue weighted by atomic mass is 9.95. The molecule has 1 aromatic heterocycles. The van der Waals surface area contributed by atoms with Gasteiger partial charge in [-0.1, -0.05) is 24.3 Å². The second-order valence-electron chi connectivity index (χ2n) is 10.5. The molecule has 2 aliphatic rings. The zero-order valence-electron chi connectivity index (χ0n) is 22.2. The molecular weight excluding hydrogens is 480 g/mol. The average Bonchev–Trinajstić information content (AvgIpc) is 3.26. The standard InChI is InChI=1S/C30H38N4O4/c1-37-27-11-10-21-17-26-24(23-8-2-3-9-25(23)32-26)12-15-34(14-4-5-16-38-28(27)18-21)30(36)22-7-6-13-33(19-22)20-29(31)35/h2-3,8-11,18,22,32H,4-7,12-17,19-20H2,1H3,(H2,31,35). The maximum absolute atomic E-state index is 13.8. The Kier molecular flexibility index (Phi) is 8.17. The molecule has 2 aromatic carbocycles. The normalized spacial score (nSPS) is 19.3. The summed E-state index contributed by atoms with van der Waals surface area (Å²) in [6, 6.07) is 14.5. The average molecular weight is 519 g/mol. The first-order chi connectivity index (χ1) is 18.5. The van der Waals surface area contributed by atoms with Crippen LogP contribution in [0.4, 0.5) is 0 Å². The van der Waals surface area contributed by atoms with E-state index in [-0.39, 0.29) is 24.3 Å². The highest BCUT2D eigenvalue weighted by atomic mass is 16.5. The van der Waals surface area contributed by atoms with Crippen LogP contribution in [0.5, 0.6) is 11.5 Å². The number of hydrogen-bond donors (Lipinski definition) is 2. The molecule has 1 saturated heterocycles. The summed E-state index contributed by atoms with van der Waals surface area (Å²) in [5.74, 6) is 1.21. The lowest BCUT2D eigenvalue weighted by molar-refractivity contribution is -0.138. The molecule has 0 spiro atoms. The third-order valence-electron chi connectivity index (χ3n) is 7.77. The minimum absolute atomic E-state index is 0.107. The Labute approximate surface area is 224 Å². The number of likely N-dealkylation sites (tertiary alicyclic amines) is 1. The van der Waals surface area contributed by atoms with Gasteiger partial charge in [-0.15, -0.1) is 0 Å². The van der Waals surface area contributed by atoms with E-state index in [0.717, 1.165) is 73.3 Å². The molecule has 2 aliphatic heterocycles. The summed E-state index contributed by atoms with van der Waals surface area (Å²) in [4.78, 5) is 33.0. The van der Waals surface area contributed by atoms with Crippen molar-refractivity contribution in [3.05, 3.63) is 59.3 Å². The van der Waals surface area contributed by atoms with Crippen molar-refractivity contribution in [2.45, 2.75) is 38.5 Å². The number of benzene rings is 2. The van der Waals surface area contributed by atoms with Crippen LogP contribution in [0.1, 0.15) is 42.5 Å². The molecule has 8 nitrogen and oxygen atoms in total. The van der Waals surface area contributed by atoms with Gasteiger partial charge < -0.3 is 25.1 Å². The fourth-order valence-electron chi connectivity index (χ4n) is 5.89. The van der Waals surface area contributed by atoms with Gasteiger partial charge in [0.25, 0.3) is 0 Å². The van der Waals surface area contributed by atoms with Gasteiger partial charge in [0, 0.05) is 42.7 Å². The third-order valence-corrected chi connectivity index (χ3v) is 7.77. The van der Waals surface area contributed by atoms with E-state index < -0.39 is 0 Å². The lowest BCUT2D eigenvalue weighted by Crippen LogP contribution is -2.47. The van der Waals surface area contributed by atoms with E-state index in [2.05, 4.69) is 35.3 Å². The zero-order valence-corrected chi connectivity index (χ0v) is 22.2. The molecule has 1 atom stereocenters. The van der Waals surface area contributed by atoms with Gasteiger partial charge in [-0.05, 0) is 68.0 Å². The summed E-state index contributed by atoms with van der Waals surface area (Å²) in [6.45, 7) is 3.53. The molecule has 0 radical (unpaired) electrons. The second kappa shape index (κ2) is 11.9. The molecule has 1 unspecified atom stereocenters. The molecule has 5 rings (SSSR count). The Hall–Kier alpha value is -3.52. The summed E-state index contributed by atoms with van der Waals surface area (Å²) < 4.78 is 11.7. The Bertz CT molecular complexity index is 1290. The number of aromatic nitrogens is 1. The third kappa shape index (κ3) is 5.96. The second-order valence-corrected chi connectivity index (χ2v) is 10.5. The summed E-state index contributed by atoms with van der Waals surface area (Å²) in [5, 5.41) is 1.21. The SMILES string of the molecule is COc1ccc2cc1OCCCCN(C(=O)C1CCCN(CC(N)=O)C1)CCc1c([nH]c3ccccc13)C2. The molecule has 3 aromatic rings. The number of amides is 2. The predicted octanol–water partition coefficient (Wildman–Crippen LogP) is 3.51. The minimum Gasteiger partial charge on any atom is -0.493 e. The Morgan fingerprint density at radius 2 is 1.97 bits per heavy atom. The highest BCUT2D eigenvalue weighted by molar-refractivity contribution is 5.85. The summed E-state index contributed by atoms with van der Waals surface area (Å²) in [5.41, 5.74) is 10.1. The minimum atomic E-state index is -0.343. The van der Waals surface area contributed by atoms with Gasteiger partial charge in [0.2, 0.25) is 11.8 Å². The molecule has 2 amide bonds. The molecule has 0 aliphatic carbocycles. The number of ether oxygens (including phenoxy) is 2. The molecule has 38 heavy (non-hydrogen) atoms. The van der Waals surface area contributed by atoms with E-state index in [9.17, 15) is 9.59 Å². The highest BCUT2D eigenvalue weighted by Gasteiger charge is 2.30. The van der Waals surface area contributed by atoms with Crippen LogP contribution in [0.3, 0.4) is 0 Å². The number of piperidine rings is 1. The quantitative estimate of drug-likeness (QED) is 0.551. The number of para-hydroxylation sites is 1. The van der Waals surface area contributed by atoms with Crippen molar-refractivity contribution < 1.29 is 19.1 Å². The van der Waals surface area contributed by atoms with Crippen molar-refractivity contribution in [2.24, 2.45) is 11.7 Å². The summed E-state index contributed by atoms with van der Waals surface area (Å²) >= 11 is 0. The number of methoxy groups -OCH3 is 1. The van der Waals surface area contributed by atoms with Crippen LogP contribution in [-0.4, -0.2) is 73.0 Å². The van der Waals surface area contributed by atoms with Crippen molar-refractivity contribution in [3.63, 3.8) is 0 Å². The molecule has 3 heterocycles. The fraction of sp³-hybridized carbons (Fsp3) is 0.467. The van der Waals surface area contributed by atoms with Gasteiger partial charge in [0.05, 0.1) is 26.2 Å². The zero-order chi connectivity index (χ0) is 26.5. The smallest absolute Gasteiger partial charge is 0.231 e. The number of primary amides is 1. The summed E-state index contributed by atoms with van der Waals surface area (Å²) in [6.07, 6.45) is 4.96. The first kappa shape index (κ1) is 26.1. The number of nitrogens with zero attached hydrogens (tertiary/aromatic N) is 2. The maximum atomic E-state index is 13.8. The van der Waals surface area contributed by atoms with E-state index in [1.807, 2.05) is 21.9 Å². The van der Waals surface area contributed by atoms with Crippen molar-refractivity contribution in [2.75, 3.05) is 46.4 Å². The van der Waals surface area contributed by atoms with E-state index in [1.54, 1.807) is 7.11 Å². The first-order valence-electron chi connectivity index (χ1n) is 13.7. The molecular formula is C30H38N4O4. The first-order valence-corrected chi connectivity index (χ1v) is 13.7. The van der Waals surface area contributed by atoms with E-state index in [0.29, 0.717) is 26.2 Å². The van der Waals surface area contributed by atoms with Crippen molar-refractivity contribution >= 4 is 22.7 Å². The number of fused-ring (bicyclic) bond motifs is 5. The Morgan fingerprint density at radius 1 is 1.11 bits per heavy atom. The molecule has 0 saturated carbocycles. The van der Waals surface area contributed by atoms with Gasteiger partial charge in [-0.2, -0.15) is 0 Å². The topological polar surface area (TPSA) is 101 Å². The largest absolute Gasteiger partial charge is 0.493 e. The molecule has 1 fully saturated rings. The number of rotatable bonds is 4. The van der Waals surface area contributed by atoms with Gasteiger partial charge in [-0.3, -0.25) is 14.5 Å². The van der Waals surface area contributed by atoms with E-state index >= 15 is 0 Å². The number of carbonyl (C=O) groups excluding carboxylic acids is 2. The van der Waals surface area contributed by atoms with Crippen LogP contribution in [0.2, 0.25) is 0 Å². The number of hydrogen-bond acceptors (Lipinski definition) is 5. The van der Waals surface area contributed by atoms with E-state index in [4.69, 9.17) is 15.2 Å². The number of aromatic amines is 1. The lowest BCUT2D eigenvalue weighted by Gasteiger charge is -2.34. The van der Waals surface area contributed by atoms with Crippen molar-refractivity contribution in [1.29, 1.82) is 0 Å². The fourth-order valence-corrected chi connectivity index (χ4v) is 5.89. The van der Waals surface area contributed by atoms with Crippen LogP contribution >= 0.6 is 0 Å². The Balaban J connectivity index is 1.42. The van der Waals surface area contributed by atoms with Gasteiger partial charge in [0.1, 0.15) is 0 Å². The van der Waals surface area contributed by atoms with Gasteiger partial charge in [0.15, 0.2) is 11.5 Å². The molecule has 3 N–H and O–H groups in total. The number of carbonyl (C=O) groups is 2. The van der Waals surface area contributed by atoms with Crippen LogP contribution in [0, 0.1) is 5.92 Å². The van der Waals surface area contributed by atoms with Crippen LogP contribution < -0.4 is 15.2 Å². The number of H-pyrrole nitrogens is 1. The highest BCUT2D eigenvalue weighted by Crippen LogP contribution is 2.31. The maximum Gasteiger partial charge on any atom is 0.231 e. The number of nitrogens with one attached hydrogen (secondary N) is 1. The summed E-state index contributed by atoms with van der Waals surface area (Å²) in [7, 11) is 1.66. The van der Waals surface area contributed by atoms with Crippen molar-refractivity contribution in [1.82, 2.24) is 14.8 Å². The monoisotopic (exact) mass is 518 g/mol. The Morgan fingerprint density at radius 3 is 2.82 bits per heavy atom. The van der Waals surface area contributed by atoms with Crippen molar-refractivity contribution in [3.8, 4) is 11.5 Å². The number of nitrogens with two attached hydrogens (primary N) is 1. The van der Waals surface area contributed by atoms with Crippen LogP contribution in [0.15, 0.2) is 42.5 Å². The van der Waals surface area contributed by atoms with Gasteiger partial charge in [-0.25, -0.2) is 0 Å². The van der Waals surface area contributed by atoms with Crippen LogP contribution in [-0.2, 0) is 22.4 Å². The van der Waals surface area contributed by atoms with E-state index in [1.165, 1.54) is 10.9 Å². The molecule has 8 heteroatoms.